The zero-order valence-corrected chi connectivity index (χ0v) is 12.2. The first-order valence-electron chi connectivity index (χ1n) is 7.14. The monoisotopic (exact) mass is 271 g/mol. The van der Waals surface area contributed by atoms with Crippen LogP contribution in [0.15, 0.2) is 36.4 Å². The number of ether oxygens (including phenoxy) is 2. The SMILES string of the molecule is COc1ccc2cc(C3CNC(C)C(C)O3)ccc2c1. The summed E-state index contributed by atoms with van der Waals surface area (Å²) in [6, 6.07) is 13.1. The largest absolute Gasteiger partial charge is 0.497 e. The number of hydrogen-bond donors (Lipinski definition) is 1. The van der Waals surface area contributed by atoms with Crippen LogP contribution in [-0.2, 0) is 4.74 Å². The fraction of sp³-hybridized carbons (Fsp3) is 0.412. The maximum atomic E-state index is 6.09. The number of benzene rings is 2. The first-order chi connectivity index (χ1) is 9.67. The summed E-state index contributed by atoms with van der Waals surface area (Å²) < 4.78 is 11.4. The fourth-order valence-corrected chi connectivity index (χ4v) is 2.65. The van der Waals surface area contributed by atoms with Crippen molar-refractivity contribution in [2.45, 2.75) is 32.1 Å². The number of methoxy groups -OCH3 is 1. The van der Waals surface area contributed by atoms with E-state index in [4.69, 9.17) is 9.47 Å². The standard InChI is InChI=1S/C17H21NO2/c1-11-12(2)20-17(10-18-11)15-5-4-14-9-16(19-3)7-6-13(14)8-15/h4-9,11-12,17-18H,10H2,1-3H3. The fourth-order valence-electron chi connectivity index (χ4n) is 2.65. The third kappa shape index (κ3) is 2.51. The van der Waals surface area contributed by atoms with Gasteiger partial charge in [-0.1, -0.05) is 18.2 Å². The predicted molar refractivity (Wildman–Crippen MR) is 81.3 cm³/mol. The van der Waals surface area contributed by atoms with Crippen molar-refractivity contribution in [2.24, 2.45) is 0 Å². The van der Waals surface area contributed by atoms with Crippen molar-refractivity contribution in [1.29, 1.82) is 0 Å². The normalized spacial score (nSPS) is 26.6. The van der Waals surface area contributed by atoms with Crippen LogP contribution in [-0.4, -0.2) is 25.8 Å². The van der Waals surface area contributed by atoms with E-state index < -0.39 is 0 Å². The van der Waals surface area contributed by atoms with E-state index in [1.54, 1.807) is 7.11 Å². The summed E-state index contributed by atoms with van der Waals surface area (Å²) in [4.78, 5) is 0. The minimum Gasteiger partial charge on any atom is -0.497 e. The summed E-state index contributed by atoms with van der Waals surface area (Å²) in [5.74, 6) is 0.892. The molecule has 0 aliphatic carbocycles. The van der Waals surface area contributed by atoms with Crippen LogP contribution in [0.25, 0.3) is 10.8 Å². The molecule has 1 fully saturated rings. The molecule has 3 rings (SSSR count). The van der Waals surface area contributed by atoms with Crippen LogP contribution in [0.2, 0.25) is 0 Å². The topological polar surface area (TPSA) is 30.5 Å². The molecule has 0 aromatic heterocycles. The maximum Gasteiger partial charge on any atom is 0.119 e. The smallest absolute Gasteiger partial charge is 0.119 e. The Morgan fingerprint density at radius 1 is 1.10 bits per heavy atom. The molecule has 20 heavy (non-hydrogen) atoms. The second-order valence-electron chi connectivity index (χ2n) is 5.50. The van der Waals surface area contributed by atoms with Crippen molar-refractivity contribution in [1.82, 2.24) is 5.32 Å². The van der Waals surface area contributed by atoms with E-state index in [1.807, 2.05) is 6.07 Å². The van der Waals surface area contributed by atoms with Crippen molar-refractivity contribution >= 4 is 10.8 Å². The average Bonchev–Trinajstić information content (AvgIpc) is 2.49. The Bertz CT molecular complexity index is 611. The highest BCUT2D eigenvalue weighted by molar-refractivity contribution is 5.84. The molecule has 3 atom stereocenters. The van der Waals surface area contributed by atoms with Crippen LogP contribution in [0.4, 0.5) is 0 Å². The van der Waals surface area contributed by atoms with E-state index in [0.717, 1.165) is 12.3 Å². The lowest BCUT2D eigenvalue weighted by atomic mass is 10.0. The van der Waals surface area contributed by atoms with Gasteiger partial charge in [0.15, 0.2) is 0 Å². The molecule has 2 aromatic carbocycles. The molecular formula is C17H21NO2. The molecule has 2 aromatic rings. The van der Waals surface area contributed by atoms with Gasteiger partial charge in [0.05, 0.1) is 19.3 Å². The van der Waals surface area contributed by atoms with Crippen LogP contribution in [0, 0.1) is 0 Å². The van der Waals surface area contributed by atoms with E-state index in [0.29, 0.717) is 6.04 Å². The third-order valence-corrected chi connectivity index (χ3v) is 4.15. The summed E-state index contributed by atoms with van der Waals surface area (Å²) in [6.07, 6.45) is 0.369. The lowest BCUT2D eigenvalue weighted by molar-refractivity contribution is -0.0508. The van der Waals surface area contributed by atoms with Gasteiger partial charge in [0.2, 0.25) is 0 Å². The Hall–Kier alpha value is -1.58. The Balaban J connectivity index is 1.89. The van der Waals surface area contributed by atoms with Crippen molar-refractivity contribution < 1.29 is 9.47 Å². The van der Waals surface area contributed by atoms with Gasteiger partial charge in [0, 0.05) is 12.6 Å². The van der Waals surface area contributed by atoms with Gasteiger partial charge in [-0.3, -0.25) is 0 Å². The quantitative estimate of drug-likeness (QED) is 0.909. The molecule has 1 saturated heterocycles. The Labute approximate surface area is 119 Å². The van der Waals surface area contributed by atoms with Gasteiger partial charge >= 0.3 is 0 Å². The van der Waals surface area contributed by atoms with Crippen LogP contribution < -0.4 is 10.1 Å². The second kappa shape index (κ2) is 5.43. The third-order valence-electron chi connectivity index (χ3n) is 4.15. The van der Waals surface area contributed by atoms with Gasteiger partial charge in [-0.2, -0.15) is 0 Å². The second-order valence-corrected chi connectivity index (χ2v) is 5.50. The lowest BCUT2D eigenvalue weighted by Gasteiger charge is -2.34. The molecular weight excluding hydrogens is 250 g/mol. The lowest BCUT2D eigenvalue weighted by Crippen LogP contribution is -2.46. The molecule has 1 N–H and O–H groups in total. The molecule has 0 radical (unpaired) electrons. The van der Waals surface area contributed by atoms with E-state index in [1.165, 1.54) is 16.3 Å². The molecule has 0 saturated carbocycles. The van der Waals surface area contributed by atoms with Crippen molar-refractivity contribution in [3.05, 3.63) is 42.0 Å². The number of fused-ring (bicyclic) bond motifs is 1. The highest BCUT2D eigenvalue weighted by Gasteiger charge is 2.25. The van der Waals surface area contributed by atoms with Gasteiger partial charge in [-0.15, -0.1) is 0 Å². The molecule has 3 nitrogen and oxygen atoms in total. The van der Waals surface area contributed by atoms with Crippen molar-refractivity contribution in [3.8, 4) is 5.75 Å². The molecule has 106 valence electrons. The van der Waals surface area contributed by atoms with Gasteiger partial charge < -0.3 is 14.8 Å². The van der Waals surface area contributed by atoms with E-state index in [-0.39, 0.29) is 12.2 Å². The molecule has 1 heterocycles. The Kier molecular flexibility index (Phi) is 3.64. The van der Waals surface area contributed by atoms with Crippen LogP contribution in [0.3, 0.4) is 0 Å². The summed E-state index contributed by atoms with van der Waals surface area (Å²) in [6.45, 7) is 5.15. The zero-order valence-electron chi connectivity index (χ0n) is 12.2. The molecule has 0 amide bonds. The number of nitrogens with one attached hydrogen (secondary N) is 1. The molecule has 0 bridgehead atoms. The average molecular weight is 271 g/mol. The highest BCUT2D eigenvalue weighted by atomic mass is 16.5. The van der Waals surface area contributed by atoms with E-state index >= 15 is 0 Å². The van der Waals surface area contributed by atoms with Crippen LogP contribution in [0.5, 0.6) is 5.75 Å². The molecule has 3 unspecified atom stereocenters. The Morgan fingerprint density at radius 3 is 2.60 bits per heavy atom. The molecule has 3 heteroatoms. The minimum absolute atomic E-state index is 0.132. The van der Waals surface area contributed by atoms with Crippen molar-refractivity contribution in [3.63, 3.8) is 0 Å². The summed E-state index contributed by atoms with van der Waals surface area (Å²) in [5.41, 5.74) is 1.23. The highest BCUT2D eigenvalue weighted by Crippen LogP contribution is 2.28. The Morgan fingerprint density at radius 2 is 1.85 bits per heavy atom. The zero-order chi connectivity index (χ0) is 14.1. The van der Waals surface area contributed by atoms with Crippen LogP contribution in [0.1, 0.15) is 25.5 Å². The summed E-state index contributed by atoms with van der Waals surface area (Å²) >= 11 is 0. The number of morpholine rings is 1. The van der Waals surface area contributed by atoms with Crippen LogP contribution >= 0.6 is 0 Å². The van der Waals surface area contributed by atoms with E-state index in [9.17, 15) is 0 Å². The van der Waals surface area contributed by atoms with Crippen molar-refractivity contribution in [2.75, 3.05) is 13.7 Å². The maximum absolute atomic E-state index is 6.09. The summed E-state index contributed by atoms with van der Waals surface area (Å²) in [5, 5.41) is 5.91. The molecule has 0 spiro atoms. The molecule has 1 aliphatic rings. The van der Waals surface area contributed by atoms with Gasteiger partial charge in [-0.05, 0) is 48.4 Å². The van der Waals surface area contributed by atoms with Gasteiger partial charge in [0.25, 0.3) is 0 Å². The summed E-state index contributed by atoms with van der Waals surface area (Å²) in [7, 11) is 1.69. The van der Waals surface area contributed by atoms with Gasteiger partial charge in [0.1, 0.15) is 5.75 Å². The number of hydrogen-bond acceptors (Lipinski definition) is 3. The molecule has 1 aliphatic heterocycles. The first kappa shape index (κ1) is 13.4. The van der Waals surface area contributed by atoms with Gasteiger partial charge in [-0.25, -0.2) is 0 Å². The first-order valence-corrected chi connectivity index (χ1v) is 7.14. The minimum atomic E-state index is 0.132. The number of rotatable bonds is 2. The predicted octanol–water partition coefficient (Wildman–Crippen LogP) is 3.29. The van der Waals surface area contributed by atoms with E-state index in [2.05, 4.69) is 49.5 Å².